The lowest BCUT2D eigenvalue weighted by atomic mass is 10.1. The molecule has 5 N–H and O–H groups in total. The van der Waals surface area contributed by atoms with Crippen molar-refractivity contribution in [1.82, 2.24) is 10.9 Å². The molecule has 2 aromatic carbocycles. The summed E-state index contributed by atoms with van der Waals surface area (Å²) in [4.78, 5) is 11.7. The van der Waals surface area contributed by atoms with Crippen molar-refractivity contribution in [3.05, 3.63) is 53.3 Å². The van der Waals surface area contributed by atoms with Crippen molar-refractivity contribution < 1.29 is 24.5 Å². The van der Waals surface area contributed by atoms with Crippen molar-refractivity contribution in [3.63, 3.8) is 0 Å². The highest BCUT2D eigenvalue weighted by Crippen LogP contribution is 2.36. The van der Waals surface area contributed by atoms with Crippen LogP contribution in [0.4, 0.5) is 4.39 Å². The first-order valence-electron chi connectivity index (χ1n) is 6.96. The van der Waals surface area contributed by atoms with Crippen LogP contribution >= 0.6 is 0 Å². The Hall–Kier alpha value is -2.80. The first-order valence-corrected chi connectivity index (χ1v) is 6.96. The van der Waals surface area contributed by atoms with Crippen molar-refractivity contribution in [2.24, 2.45) is 0 Å². The molecule has 0 aliphatic heterocycles. The number of amides is 1. The average Bonchev–Trinajstić information content (AvgIpc) is 2.54. The van der Waals surface area contributed by atoms with Crippen LogP contribution in [0, 0.1) is 5.82 Å². The Morgan fingerprint density at radius 2 is 1.70 bits per heavy atom. The van der Waals surface area contributed by atoms with Crippen LogP contribution in [0.2, 0.25) is 0 Å². The number of phenolic OH excluding ortho intramolecular Hbond substituents is 3. The Morgan fingerprint density at radius 1 is 1.00 bits per heavy atom. The summed E-state index contributed by atoms with van der Waals surface area (Å²) < 4.78 is 12.8. The summed E-state index contributed by atoms with van der Waals surface area (Å²) >= 11 is 0. The Bertz CT molecular complexity index is 689. The van der Waals surface area contributed by atoms with E-state index in [0.717, 1.165) is 5.56 Å². The normalized spacial score (nSPS) is 10.5. The van der Waals surface area contributed by atoms with Crippen LogP contribution in [-0.2, 0) is 17.8 Å². The van der Waals surface area contributed by atoms with Crippen molar-refractivity contribution >= 4 is 5.91 Å². The van der Waals surface area contributed by atoms with Gasteiger partial charge in [-0.1, -0.05) is 18.2 Å². The van der Waals surface area contributed by atoms with E-state index in [2.05, 4.69) is 10.9 Å². The summed E-state index contributed by atoms with van der Waals surface area (Å²) in [6.45, 7) is 0.0714. The Kier molecular flexibility index (Phi) is 5.37. The summed E-state index contributed by atoms with van der Waals surface area (Å²) in [5.74, 6) is -2.06. The molecule has 0 fully saturated rings. The summed E-state index contributed by atoms with van der Waals surface area (Å²) in [7, 11) is 0. The number of halogens is 1. The third-order valence-corrected chi connectivity index (χ3v) is 3.27. The second-order valence-corrected chi connectivity index (χ2v) is 4.97. The minimum absolute atomic E-state index is 0.0714. The zero-order valence-electron chi connectivity index (χ0n) is 12.2. The summed E-state index contributed by atoms with van der Waals surface area (Å²) in [6.07, 6.45) is 0.685. The third-order valence-electron chi connectivity index (χ3n) is 3.27. The lowest BCUT2D eigenvalue weighted by Gasteiger charge is -2.10. The van der Waals surface area contributed by atoms with E-state index in [1.165, 1.54) is 24.3 Å². The first kappa shape index (κ1) is 16.6. The molecule has 0 atom stereocenters. The number of hydrogen-bond donors (Lipinski definition) is 5. The molecule has 1 amide bonds. The van der Waals surface area contributed by atoms with Gasteiger partial charge in [-0.05, 0) is 30.2 Å². The fraction of sp³-hybridized carbons (Fsp3) is 0.188. The van der Waals surface area contributed by atoms with Gasteiger partial charge in [-0.2, -0.15) is 0 Å². The minimum Gasteiger partial charge on any atom is -0.504 e. The molecule has 7 heteroatoms. The van der Waals surface area contributed by atoms with Gasteiger partial charge in [0, 0.05) is 18.5 Å². The zero-order valence-corrected chi connectivity index (χ0v) is 12.2. The lowest BCUT2D eigenvalue weighted by molar-refractivity contribution is -0.122. The van der Waals surface area contributed by atoms with E-state index in [-0.39, 0.29) is 24.7 Å². The number of aromatic hydroxyl groups is 3. The molecule has 122 valence electrons. The van der Waals surface area contributed by atoms with Crippen LogP contribution in [0.5, 0.6) is 17.2 Å². The number of carbonyl (C=O) groups excluding carboxylic acids is 1. The summed E-state index contributed by atoms with van der Waals surface area (Å²) in [5.41, 5.74) is 6.25. The molecule has 0 aliphatic carbocycles. The fourth-order valence-electron chi connectivity index (χ4n) is 1.96. The molecule has 0 saturated carbocycles. The second-order valence-electron chi connectivity index (χ2n) is 4.97. The standard InChI is InChI=1S/C16H17FN2O4/c17-12-5-1-10(2-6-12)3-8-14(21)19-18-9-11-4-7-13(20)16(23)15(11)22/h1-2,4-7,18,20,22-23H,3,8-9H2,(H,19,21). The second kappa shape index (κ2) is 7.46. The average molecular weight is 320 g/mol. The maximum absolute atomic E-state index is 12.8. The van der Waals surface area contributed by atoms with Crippen LogP contribution < -0.4 is 10.9 Å². The SMILES string of the molecule is O=C(CCc1ccc(F)cc1)NNCc1ccc(O)c(O)c1O. The molecule has 0 spiro atoms. The predicted octanol–water partition coefficient (Wildman–Crippen LogP) is 1.70. The molecule has 6 nitrogen and oxygen atoms in total. The van der Waals surface area contributed by atoms with Crippen molar-refractivity contribution in [3.8, 4) is 17.2 Å². The van der Waals surface area contributed by atoms with Crippen LogP contribution in [0.1, 0.15) is 17.5 Å². The van der Waals surface area contributed by atoms with Crippen molar-refractivity contribution in [2.45, 2.75) is 19.4 Å². The van der Waals surface area contributed by atoms with Gasteiger partial charge in [0.05, 0.1) is 0 Å². The van der Waals surface area contributed by atoms with Crippen molar-refractivity contribution in [2.75, 3.05) is 0 Å². The van der Waals surface area contributed by atoms with Crippen LogP contribution in [0.3, 0.4) is 0 Å². The van der Waals surface area contributed by atoms with Gasteiger partial charge in [0.15, 0.2) is 11.5 Å². The minimum atomic E-state index is -0.605. The van der Waals surface area contributed by atoms with E-state index in [1.54, 1.807) is 12.1 Å². The fourth-order valence-corrected chi connectivity index (χ4v) is 1.96. The molecule has 0 saturated heterocycles. The maximum Gasteiger partial charge on any atom is 0.234 e. The molecule has 0 aromatic heterocycles. The quantitative estimate of drug-likeness (QED) is 0.412. The van der Waals surface area contributed by atoms with Crippen LogP contribution in [-0.4, -0.2) is 21.2 Å². The van der Waals surface area contributed by atoms with Gasteiger partial charge in [0.25, 0.3) is 0 Å². The van der Waals surface area contributed by atoms with E-state index >= 15 is 0 Å². The number of nitrogens with one attached hydrogen (secondary N) is 2. The Morgan fingerprint density at radius 3 is 2.39 bits per heavy atom. The van der Waals surface area contributed by atoms with Gasteiger partial charge in [-0.15, -0.1) is 0 Å². The molecule has 2 aromatic rings. The van der Waals surface area contributed by atoms with Gasteiger partial charge >= 0.3 is 0 Å². The van der Waals surface area contributed by atoms with Gasteiger partial charge in [-0.3, -0.25) is 10.2 Å². The van der Waals surface area contributed by atoms with E-state index < -0.39 is 17.2 Å². The highest BCUT2D eigenvalue weighted by Gasteiger charge is 2.11. The van der Waals surface area contributed by atoms with Crippen molar-refractivity contribution in [1.29, 1.82) is 0 Å². The molecule has 2 rings (SSSR count). The van der Waals surface area contributed by atoms with Gasteiger partial charge < -0.3 is 15.3 Å². The van der Waals surface area contributed by atoms with Crippen LogP contribution in [0.25, 0.3) is 0 Å². The molecule has 23 heavy (non-hydrogen) atoms. The number of hydrazine groups is 1. The molecule has 0 aliphatic rings. The highest BCUT2D eigenvalue weighted by molar-refractivity contribution is 5.75. The number of phenols is 3. The monoisotopic (exact) mass is 320 g/mol. The molecular formula is C16H17FN2O4. The number of rotatable bonds is 6. The highest BCUT2D eigenvalue weighted by atomic mass is 19.1. The smallest absolute Gasteiger partial charge is 0.234 e. The molecule has 0 unspecified atom stereocenters. The summed E-state index contributed by atoms with van der Waals surface area (Å²) in [6, 6.07) is 8.57. The zero-order chi connectivity index (χ0) is 16.8. The lowest BCUT2D eigenvalue weighted by Crippen LogP contribution is -2.36. The topological polar surface area (TPSA) is 102 Å². The number of aryl methyl sites for hydroxylation is 1. The van der Waals surface area contributed by atoms with E-state index in [9.17, 15) is 24.5 Å². The van der Waals surface area contributed by atoms with Gasteiger partial charge in [-0.25, -0.2) is 9.82 Å². The maximum atomic E-state index is 12.8. The number of carbonyl (C=O) groups is 1. The van der Waals surface area contributed by atoms with E-state index in [4.69, 9.17) is 0 Å². The third kappa shape index (κ3) is 4.58. The Labute approximate surface area is 132 Å². The predicted molar refractivity (Wildman–Crippen MR) is 81.1 cm³/mol. The molecular weight excluding hydrogens is 303 g/mol. The first-order chi connectivity index (χ1) is 11.0. The molecule has 0 bridgehead atoms. The van der Waals surface area contributed by atoms with Gasteiger partial charge in [0.1, 0.15) is 5.82 Å². The number of benzene rings is 2. The summed E-state index contributed by atoms with van der Waals surface area (Å²) in [5, 5.41) is 28.2. The van der Waals surface area contributed by atoms with Crippen LogP contribution in [0.15, 0.2) is 36.4 Å². The number of hydrogen-bond acceptors (Lipinski definition) is 5. The largest absolute Gasteiger partial charge is 0.504 e. The molecule has 0 radical (unpaired) electrons. The van der Waals surface area contributed by atoms with E-state index in [1.807, 2.05) is 0 Å². The van der Waals surface area contributed by atoms with E-state index in [0.29, 0.717) is 12.0 Å². The molecule has 0 heterocycles. The Balaban J connectivity index is 1.77. The van der Waals surface area contributed by atoms with Gasteiger partial charge in [0.2, 0.25) is 11.7 Å².